The summed E-state index contributed by atoms with van der Waals surface area (Å²) in [5.41, 5.74) is 3.04. The molecule has 0 fully saturated rings. The van der Waals surface area contributed by atoms with Crippen molar-refractivity contribution in [3.63, 3.8) is 0 Å². The second-order valence-electron chi connectivity index (χ2n) is 6.14. The Morgan fingerprint density at radius 1 is 1.20 bits per heavy atom. The van der Waals surface area contributed by atoms with Gasteiger partial charge in [0.25, 0.3) is 5.91 Å². The standard InChI is InChI=1S/C20H23N3O2/c1-4-13-23-18-8-6-5-7-17(18)21-20(23)22-19(24)15(3)25-16-11-9-14(2)10-12-16/h5-12,15H,4,13H2,1-3H3,(H,21,22,24). The normalized spacial score (nSPS) is 12.1. The molecule has 1 unspecified atom stereocenters. The van der Waals surface area contributed by atoms with E-state index in [1.165, 1.54) is 0 Å². The molecule has 2 aromatic carbocycles. The molecule has 1 atom stereocenters. The largest absolute Gasteiger partial charge is 0.481 e. The second-order valence-corrected chi connectivity index (χ2v) is 6.14. The number of carbonyl (C=O) groups is 1. The molecule has 0 saturated heterocycles. The SMILES string of the molecule is CCCn1c(NC(=O)C(C)Oc2ccc(C)cc2)nc2ccccc21. The number of benzene rings is 2. The fourth-order valence-electron chi connectivity index (χ4n) is 2.71. The highest BCUT2D eigenvalue weighted by atomic mass is 16.5. The lowest BCUT2D eigenvalue weighted by atomic mass is 10.2. The highest BCUT2D eigenvalue weighted by Crippen LogP contribution is 2.20. The molecule has 3 rings (SSSR count). The summed E-state index contributed by atoms with van der Waals surface area (Å²) >= 11 is 0. The van der Waals surface area contributed by atoms with Crippen LogP contribution in [-0.2, 0) is 11.3 Å². The summed E-state index contributed by atoms with van der Waals surface area (Å²) in [5, 5.41) is 2.90. The van der Waals surface area contributed by atoms with Gasteiger partial charge in [0.1, 0.15) is 5.75 Å². The van der Waals surface area contributed by atoms with Crippen LogP contribution in [0.3, 0.4) is 0 Å². The van der Waals surface area contributed by atoms with Gasteiger partial charge in [0.05, 0.1) is 11.0 Å². The molecule has 1 aromatic heterocycles. The number of aryl methyl sites for hydroxylation is 2. The molecular formula is C20H23N3O2. The van der Waals surface area contributed by atoms with Crippen molar-refractivity contribution in [2.45, 2.75) is 39.8 Å². The fourth-order valence-corrected chi connectivity index (χ4v) is 2.71. The summed E-state index contributed by atoms with van der Waals surface area (Å²) in [6, 6.07) is 15.5. The van der Waals surface area contributed by atoms with E-state index in [1.807, 2.05) is 60.0 Å². The second kappa shape index (κ2) is 7.38. The van der Waals surface area contributed by atoms with Crippen LogP contribution in [0.15, 0.2) is 48.5 Å². The average molecular weight is 337 g/mol. The molecule has 1 N–H and O–H groups in total. The van der Waals surface area contributed by atoms with Crippen molar-refractivity contribution in [1.82, 2.24) is 9.55 Å². The van der Waals surface area contributed by atoms with E-state index in [9.17, 15) is 4.79 Å². The minimum Gasteiger partial charge on any atom is -0.481 e. The molecule has 5 heteroatoms. The Hall–Kier alpha value is -2.82. The molecule has 25 heavy (non-hydrogen) atoms. The number of hydrogen-bond donors (Lipinski definition) is 1. The number of ether oxygens (including phenoxy) is 1. The molecule has 5 nitrogen and oxygen atoms in total. The van der Waals surface area contributed by atoms with Gasteiger partial charge in [0, 0.05) is 6.54 Å². The first kappa shape index (κ1) is 17.0. The molecule has 1 heterocycles. The maximum Gasteiger partial charge on any atom is 0.267 e. The van der Waals surface area contributed by atoms with Crippen molar-refractivity contribution in [3.8, 4) is 5.75 Å². The highest BCUT2D eigenvalue weighted by Gasteiger charge is 2.18. The van der Waals surface area contributed by atoms with Gasteiger partial charge in [0.15, 0.2) is 6.10 Å². The van der Waals surface area contributed by atoms with Gasteiger partial charge >= 0.3 is 0 Å². The Kier molecular flexibility index (Phi) is 5.03. The number of fused-ring (bicyclic) bond motifs is 1. The molecule has 1 amide bonds. The number of amides is 1. The number of aromatic nitrogens is 2. The monoisotopic (exact) mass is 337 g/mol. The Morgan fingerprint density at radius 2 is 1.92 bits per heavy atom. The Balaban J connectivity index is 1.76. The van der Waals surface area contributed by atoms with E-state index in [4.69, 9.17) is 4.74 Å². The molecule has 0 aliphatic carbocycles. The van der Waals surface area contributed by atoms with E-state index < -0.39 is 6.10 Å². The minimum absolute atomic E-state index is 0.215. The Morgan fingerprint density at radius 3 is 2.64 bits per heavy atom. The van der Waals surface area contributed by atoms with Gasteiger partial charge in [-0.1, -0.05) is 36.8 Å². The summed E-state index contributed by atoms with van der Waals surface area (Å²) in [7, 11) is 0. The number of carbonyl (C=O) groups excluding carboxylic acids is 1. The predicted octanol–water partition coefficient (Wildman–Crippen LogP) is 4.16. The van der Waals surface area contributed by atoms with E-state index >= 15 is 0 Å². The number of para-hydroxylation sites is 2. The van der Waals surface area contributed by atoms with E-state index in [2.05, 4.69) is 17.2 Å². The summed E-state index contributed by atoms with van der Waals surface area (Å²) in [4.78, 5) is 17.1. The first-order chi connectivity index (χ1) is 12.1. The lowest BCUT2D eigenvalue weighted by molar-refractivity contribution is -0.122. The molecule has 0 saturated carbocycles. The number of anilines is 1. The van der Waals surface area contributed by atoms with E-state index in [1.54, 1.807) is 6.92 Å². The zero-order valence-corrected chi connectivity index (χ0v) is 14.8. The summed E-state index contributed by atoms with van der Waals surface area (Å²) in [6.45, 7) is 6.65. The molecule has 3 aromatic rings. The van der Waals surface area contributed by atoms with E-state index in [-0.39, 0.29) is 5.91 Å². The van der Waals surface area contributed by atoms with Crippen LogP contribution < -0.4 is 10.1 Å². The molecular weight excluding hydrogens is 314 g/mol. The summed E-state index contributed by atoms with van der Waals surface area (Å²) < 4.78 is 7.76. The molecule has 0 bridgehead atoms. The average Bonchev–Trinajstić information content (AvgIpc) is 2.95. The molecule has 0 aliphatic heterocycles. The zero-order chi connectivity index (χ0) is 17.8. The van der Waals surface area contributed by atoms with Gasteiger partial charge in [-0.25, -0.2) is 4.98 Å². The van der Waals surface area contributed by atoms with Gasteiger partial charge in [-0.2, -0.15) is 0 Å². The van der Waals surface area contributed by atoms with Crippen LogP contribution in [0.25, 0.3) is 11.0 Å². The number of imidazole rings is 1. The maximum atomic E-state index is 12.5. The van der Waals surface area contributed by atoms with Crippen LogP contribution in [0, 0.1) is 6.92 Å². The van der Waals surface area contributed by atoms with Crippen LogP contribution in [0.4, 0.5) is 5.95 Å². The number of nitrogens with zero attached hydrogens (tertiary/aromatic N) is 2. The van der Waals surface area contributed by atoms with Crippen LogP contribution in [-0.4, -0.2) is 21.6 Å². The third kappa shape index (κ3) is 3.82. The van der Waals surface area contributed by atoms with Crippen LogP contribution in [0.1, 0.15) is 25.8 Å². The number of hydrogen-bond acceptors (Lipinski definition) is 3. The lowest BCUT2D eigenvalue weighted by Gasteiger charge is -2.15. The zero-order valence-electron chi connectivity index (χ0n) is 14.8. The van der Waals surface area contributed by atoms with E-state index in [0.29, 0.717) is 11.7 Å². The van der Waals surface area contributed by atoms with Crippen LogP contribution in [0.2, 0.25) is 0 Å². The molecule has 0 aliphatic rings. The summed E-state index contributed by atoms with van der Waals surface area (Å²) in [6.07, 6.45) is 0.344. The van der Waals surface area contributed by atoms with Crippen LogP contribution in [0.5, 0.6) is 5.75 Å². The van der Waals surface area contributed by atoms with Gasteiger partial charge in [-0.05, 0) is 44.5 Å². The van der Waals surface area contributed by atoms with Crippen molar-refractivity contribution < 1.29 is 9.53 Å². The molecule has 0 radical (unpaired) electrons. The number of rotatable bonds is 6. The minimum atomic E-state index is -0.613. The van der Waals surface area contributed by atoms with Crippen molar-refractivity contribution >= 4 is 22.9 Å². The third-order valence-electron chi connectivity index (χ3n) is 4.04. The smallest absolute Gasteiger partial charge is 0.267 e. The maximum absolute atomic E-state index is 12.5. The van der Waals surface area contributed by atoms with E-state index in [0.717, 1.165) is 29.6 Å². The topological polar surface area (TPSA) is 56.2 Å². The first-order valence-electron chi connectivity index (χ1n) is 8.58. The van der Waals surface area contributed by atoms with Crippen LogP contribution >= 0.6 is 0 Å². The summed E-state index contributed by atoms with van der Waals surface area (Å²) in [5.74, 6) is 1.02. The van der Waals surface area contributed by atoms with Gasteiger partial charge in [0.2, 0.25) is 5.95 Å². The van der Waals surface area contributed by atoms with Crippen molar-refractivity contribution in [2.75, 3.05) is 5.32 Å². The highest BCUT2D eigenvalue weighted by molar-refractivity contribution is 5.94. The van der Waals surface area contributed by atoms with Gasteiger partial charge in [-0.15, -0.1) is 0 Å². The quantitative estimate of drug-likeness (QED) is 0.735. The number of nitrogens with one attached hydrogen (secondary N) is 1. The van der Waals surface area contributed by atoms with Gasteiger partial charge < -0.3 is 9.30 Å². The predicted molar refractivity (Wildman–Crippen MR) is 99.9 cm³/mol. The Labute approximate surface area is 147 Å². The van der Waals surface area contributed by atoms with Gasteiger partial charge in [-0.3, -0.25) is 10.1 Å². The Bertz CT molecular complexity index is 868. The molecule has 0 spiro atoms. The van der Waals surface area contributed by atoms with Crippen molar-refractivity contribution in [3.05, 3.63) is 54.1 Å². The van der Waals surface area contributed by atoms with Crippen molar-refractivity contribution in [1.29, 1.82) is 0 Å². The van der Waals surface area contributed by atoms with Crippen molar-refractivity contribution in [2.24, 2.45) is 0 Å². The third-order valence-corrected chi connectivity index (χ3v) is 4.04. The fraction of sp³-hybridized carbons (Fsp3) is 0.300. The first-order valence-corrected chi connectivity index (χ1v) is 8.58. The molecule has 130 valence electrons. The lowest BCUT2D eigenvalue weighted by Crippen LogP contribution is -2.31.